The molecule has 5 heterocycles. The van der Waals surface area contributed by atoms with E-state index in [0.717, 1.165) is 38.7 Å². The number of benzene rings is 2. The Morgan fingerprint density at radius 2 is 1.38 bits per heavy atom. The number of furan rings is 1. The number of hydrogen-bond acceptors (Lipinski definition) is 8. The monoisotopic (exact) mass is 444 g/mol. The standard InChI is InChI=1S/C25H16N8O/c1-13-14(2)21(33-24-19(27-7-9-29-24)20-25(33)30-10-8-28-20)22-18(15-5-3-4-6-16(15)34-22)17(13)23-31-11-26-12-32-23/h3-12H,1-2H3. The lowest BCUT2D eigenvalue weighted by atomic mass is 9.95. The van der Waals surface area contributed by atoms with Gasteiger partial charge in [0.2, 0.25) is 0 Å². The fourth-order valence-electron chi connectivity index (χ4n) is 4.74. The maximum absolute atomic E-state index is 6.51. The van der Waals surface area contributed by atoms with E-state index in [9.17, 15) is 0 Å². The van der Waals surface area contributed by atoms with Gasteiger partial charge in [-0.2, -0.15) is 0 Å². The summed E-state index contributed by atoms with van der Waals surface area (Å²) >= 11 is 0. The summed E-state index contributed by atoms with van der Waals surface area (Å²) in [5.41, 5.74) is 7.99. The van der Waals surface area contributed by atoms with E-state index in [1.807, 2.05) is 22.8 Å². The van der Waals surface area contributed by atoms with E-state index >= 15 is 0 Å². The zero-order chi connectivity index (χ0) is 22.8. The molecule has 0 fully saturated rings. The van der Waals surface area contributed by atoms with Crippen LogP contribution in [0.5, 0.6) is 0 Å². The first-order valence-electron chi connectivity index (χ1n) is 10.7. The topological polar surface area (TPSA) is 108 Å². The molecule has 9 heteroatoms. The quantitative estimate of drug-likeness (QED) is 0.376. The minimum absolute atomic E-state index is 0.598. The average molecular weight is 444 g/mol. The molecule has 0 saturated heterocycles. The Balaban J connectivity index is 1.74. The van der Waals surface area contributed by atoms with Gasteiger partial charge in [-0.15, -0.1) is 0 Å². The molecule has 0 saturated carbocycles. The summed E-state index contributed by atoms with van der Waals surface area (Å²) in [4.78, 5) is 31.3. The fourth-order valence-corrected chi connectivity index (χ4v) is 4.74. The second kappa shape index (κ2) is 6.85. The van der Waals surface area contributed by atoms with Crippen molar-refractivity contribution < 1.29 is 4.42 Å². The Labute approximate surface area is 192 Å². The van der Waals surface area contributed by atoms with Crippen LogP contribution in [0.4, 0.5) is 0 Å². The lowest BCUT2D eigenvalue weighted by molar-refractivity contribution is 0.665. The smallest absolute Gasteiger partial charge is 0.167 e. The van der Waals surface area contributed by atoms with Crippen LogP contribution in [0.2, 0.25) is 0 Å². The molecule has 0 N–H and O–H groups in total. The number of nitrogens with zero attached hydrogens (tertiary/aromatic N) is 8. The van der Waals surface area contributed by atoms with Crippen molar-refractivity contribution in [3.8, 4) is 17.1 Å². The van der Waals surface area contributed by atoms with E-state index in [-0.39, 0.29) is 0 Å². The average Bonchev–Trinajstić information content (AvgIpc) is 3.42. The summed E-state index contributed by atoms with van der Waals surface area (Å²) in [6.45, 7) is 4.14. The molecule has 34 heavy (non-hydrogen) atoms. The third-order valence-corrected chi connectivity index (χ3v) is 6.30. The Bertz CT molecular complexity index is 1840. The van der Waals surface area contributed by atoms with Gasteiger partial charge in [-0.05, 0) is 31.0 Å². The molecule has 0 atom stereocenters. The van der Waals surface area contributed by atoms with Gasteiger partial charge in [0.1, 0.15) is 29.3 Å². The Morgan fingerprint density at radius 1 is 0.735 bits per heavy atom. The second-order valence-corrected chi connectivity index (χ2v) is 8.03. The van der Waals surface area contributed by atoms with Crippen LogP contribution < -0.4 is 0 Å². The summed E-state index contributed by atoms with van der Waals surface area (Å²) in [7, 11) is 0. The number of aromatic nitrogens is 8. The molecule has 0 radical (unpaired) electrons. The van der Waals surface area contributed by atoms with E-state index in [0.29, 0.717) is 33.7 Å². The molecule has 0 aliphatic carbocycles. The van der Waals surface area contributed by atoms with Gasteiger partial charge in [0.15, 0.2) is 22.7 Å². The highest BCUT2D eigenvalue weighted by atomic mass is 16.3. The van der Waals surface area contributed by atoms with Gasteiger partial charge in [-0.1, -0.05) is 18.2 Å². The molecule has 162 valence electrons. The van der Waals surface area contributed by atoms with Crippen molar-refractivity contribution in [1.29, 1.82) is 0 Å². The lowest BCUT2D eigenvalue weighted by Crippen LogP contribution is -2.04. The third-order valence-electron chi connectivity index (χ3n) is 6.30. The van der Waals surface area contributed by atoms with E-state index in [1.165, 1.54) is 12.7 Å². The molecule has 5 aromatic heterocycles. The van der Waals surface area contributed by atoms with Crippen LogP contribution in [-0.2, 0) is 0 Å². The third kappa shape index (κ3) is 2.40. The first-order valence-corrected chi connectivity index (χ1v) is 10.7. The van der Waals surface area contributed by atoms with Gasteiger partial charge in [-0.25, -0.2) is 34.9 Å². The zero-order valence-corrected chi connectivity index (χ0v) is 18.3. The molecule has 0 aliphatic rings. The van der Waals surface area contributed by atoms with Crippen molar-refractivity contribution in [3.05, 3.63) is 72.8 Å². The van der Waals surface area contributed by atoms with E-state index in [1.54, 1.807) is 24.8 Å². The largest absolute Gasteiger partial charge is 0.454 e. The molecule has 0 aliphatic heterocycles. The predicted molar refractivity (Wildman–Crippen MR) is 128 cm³/mol. The predicted octanol–water partition coefficient (Wildman–Crippen LogP) is 4.73. The van der Waals surface area contributed by atoms with Gasteiger partial charge >= 0.3 is 0 Å². The van der Waals surface area contributed by atoms with Crippen molar-refractivity contribution in [1.82, 2.24) is 39.5 Å². The minimum Gasteiger partial charge on any atom is -0.454 e. The Hall–Kier alpha value is -4.79. The summed E-state index contributed by atoms with van der Waals surface area (Å²) in [5.74, 6) is 0.598. The van der Waals surface area contributed by atoms with Crippen LogP contribution in [0, 0.1) is 13.8 Å². The lowest BCUT2D eigenvalue weighted by Gasteiger charge is -2.16. The highest BCUT2D eigenvalue weighted by Gasteiger charge is 2.27. The van der Waals surface area contributed by atoms with E-state index in [2.05, 4.69) is 54.8 Å². The molecule has 0 amide bonds. The molecule has 2 aromatic carbocycles. The van der Waals surface area contributed by atoms with Gasteiger partial charge in [0.25, 0.3) is 0 Å². The van der Waals surface area contributed by atoms with Crippen molar-refractivity contribution in [2.24, 2.45) is 0 Å². The van der Waals surface area contributed by atoms with Crippen molar-refractivity contribution >= 4 is 44.3 Å². The van der Waals surface area contributed by atoms with Crippen LogP contribution in [0.15, 0.2) is 66.1 Å². The maximum atomic E-state index is 6.51. The number of para-hydroxylation sites is 1. The molecular formula is C25H16N8O. The second-order valence-electron chi connectivity index (χ2n) is 8.03. The van der Waals surface area contributed by atoms with E-state index in [4.69, 9.17) is 4.42 Å². The highest BCUT2D eigenvalue weighted by Crippen LogP contribution is 2.44. The van der Waals surface area contributed by atoms with Gasteiger partial charge in [0.05, 0.1) is 5.69 Å². The maximum Gasteiger partial charge on any atom is 0.167 e. The summed E-state index contributed by atoms with van der Waals surface area (Å²) in [5, 5.41) is 1.91. The molecular weight excluding hydrogens is 428 g/mol. The van der Waals surface area contributed by atoms with Gasteiger partial charge < -0.3 is 4.42 Å². The zero-order valence-electron chi connectivity index (χ0n) is 18.3. The fraction of sp³-hybridized carbons (Fsp3) is 0.0800. The number of hydrogen-bond donors (Lipinski definition) is 0. The molecule has 0 spiro atoms. The minimum atomic E-state index is 0.598. The summed E-state index contributed by atoms with van der Waals surface area (Å²) in [6, 6.07) is 7.98. The van der Waals surface area contributed by atoms with Crippen molar-refractivity contribution in [3.63, 3.8) is 0 Å². The molecule has 0 unspecified atom stereocenters. The first kappa shape index (κ1) is 18.8. The SMILES string of the molecule is Cc1c(C)c(-c2ncncn2)c2c(oc3ccccc32)c1-n1c2nccnc2c2nccnc21. The van der Waals surface area contributed by atoms with Crippen molar-refractivity contribution in [2.45, 2.75) is 13.8 Å². The normalized spacial score (nSPS) is 11.8. The highest BCUT2D eigenvalue weighted by molar-refractivity contribution is 6.16. The Kier molecular flexibility index (Phi) is 3.78. The molecule has 9 nitrogen and oxygen atoms in total. The van der Waals surface area contributed by atoms with Gasteiger partial charge in [-0.3, -0.25) is 4.57 Å². The van der Waals surface area contributed by atoms with Gasteiger partial charge in [0, 0.05) is 41.1 Å². The molecule has 7 aromatic rings. The summed E-state index contributed by atoms with van der Waals surface area (Å²) < 4.78 is 8.51. The van der Waals surface area contributed by atoms with Crippen LogP contribution >= 0.6 is 0 Å². The molecule has 0 bridgehead atoms. The van der Waals surface area contributed by atoms with Crippen LogP contribution in [0.1, 0.15) is 11.1 Å². The number of fused-ring (bicyclic) bond motifs is 6. The molecule has 7 rings (SSSR count). The first-order chi connectivity index (χ1) is 16.7. The van der Waals surface area contributed by atoms with Crippen molar-refractivity contribution in [2.75, 3.05) is 0 Å². The van der Waals surface area contributed by atoms with Crippen LogP contribution in [0.25, 0.3) is 61.3 Å². The summed E-state index contributed by atoms with van der Waals surface area (Å²) in [6.07, 6.45) is 9.71. The van der Waals surface area contributed by atoms with E-state index < -0.39 is 0 Å². The van der Waals surface area contributed by atoms with Crippen LogP contribution in [-0.4, -0.2) is 39.5 Å². The Morgan fingerprint density at radius 3 is 2.09 bits per heavy atom. The number of rotatable bonds is 2. The van der Waals surface area contributed by atoms with Crippen LogP contribution in [0.3, 0.4) is 0 Å².